The minimum Gasteiger partial charge on any atom is -0.462 e. The van der Waals surface area contributed by atoms with Crippen LogP contribution in [0.2, 0.25) is 5.02 Å². The third-order valence-electron chi connectivity index (χ3n) is 4.21. The molecule has 0 bridgehead atoms. The van der Waals surface area contributed by atoms with Crippen LogP contribution in [0.5, 0.6) is 0 Å². The van der Waals surface area contributed by atoms with Crippen LogP contribution >= 0.6 is 11.6 Å². The lowest BCUT2D eigenvalue weighted by Crippen LogP contribution is -2.30. The molecule has 3 unspecified atom stereocenters. The Bertz CT molecular complexity index is 544. The summed E-state index contributed by atoms with van der Waals surface area (Å²) in [4.78, 5) is 23.7. The first-order valence-corrected chi connectivity index (χ1v) is 8.54. The van der Waals surface area contributed by atoms with Crippen LogP contribution in [-0.2, 0) is 14.3 Å². The lowest BCUT2D eigenvalue weighted by Gasteiger charge is -2.27. The van der Waals surface area contributed by atoms with Gasteiger partial charge in [0.25, 0.3) is 0 Å². The maximum absolute atomic E-state index is 12.3. The topological polar surface area (TPSA) is 55.4 Å². The van der Waals surface area contributed by atoms with Crippen LogP contribution in [0.25, 0.3) is 0 Å². The third-order valence-corrected chi connectivity index (χ3v) is 4.46. The van der Waals surface area contributed by atoms with Gasteiger partial charge in [-0.3, -0.25) is 9.59 Å². The molecule has 1 aromatic rings. The second-order valence-corrected chi connectivity index (χ2v) is 6.83. The molecule has 0 radical (unpaired) electrons. The number of nitrogens with one attached hydrogen (secondary N) is 1. The Hall–Kier alpha value is -1.55. The van der Waals surface area contributed by atoms with Crippen LogP contribution < -0.4 is 5.32 Å². The van der Waals surface area contributed by atoms with Crippen LogP contribution in [0.15, 0.2) is 24.3 Å². The molecule has 4 nitrogen and oxygen atoms in total. The number of rotatable bonds is 5. The molecule has 23 heavy (non-hydrogen) atoms. The molecule has 1 N–H and O–H groups in total. The number of hydrogen-bond acceptors (Lipinski definition) is 3. The molecule has 1 aliphatic rings. The molecular formula is C18H24ClNO3. The van der Waals surface area contributed by atoms with E-state index in [2.05, 4.69) is 12.2 Å². The average Bonchev–Trinajstić information content (AvgIpc) is 2.46. The number of ether oxygens (including phenoxy) is 1. The number of benzene rings is 1. The minimum absolute atomic E-state index is 0.00875. The van der Waals surface area contributed by atoms with E-state index in [0.717, 1.165) is 24.8 Å². The Morgan fingerprint density at radius 1 is 1.30 bits per heavy atom. The van der Waals surface area contributed by atoms with Crippen molar-refractivity contribution in [3.05, 3.63) is 34.9 Å². The second-order valence-electron chi connectivity index (χ2n) is 6.39. The first-order valence-electron chi connectivity index (χ1n) is 8.16. The summed E-state index contributed by atoms with van der Waals surface area (Å²) < 4.78 is 5.60. The van der Waals surface area contributed by atoms with E-state index < -0.39 is 6.04 Å². The van der Waals surface area contributed by atoms with Gasteiger partial charge in [0.15, 0.2) is 0 Å². The summed E-state index contributed by atoms with van der Waals surface area (Å²) in [6.07, 6.45) is 4.30. The van der Waals surface area contributed by atoms with E-state index in [1.807, 2.05) is 12.1 Å². The van der Waals surface area contributed by atoms with Gasteiger partial charge in [-0.25, -0.2) is 0 Å². The van der Waals surface area contributed by atoms with Gasteiger partial charge in [0.05, 0.1) is 12.5 Å². The van der Waals surface area contributed by atoms with Gasteiger partial charge in [-0.2, -0.15) is 0 Å². The average molecular weight is 338 g/mol. The third kappa shape index (κ3) is 5.87. The van der Waals surface area contributed by atoms with E-state index >= 15 is 0 Å². The first kappa shape index (κ1) is 17.8. The van der Waals surface area contributed by atoms with Crippen molar-refractivity contribution in [2.45, 2.75) is 58.1 Å². The van der Waals surface area contributed by atoms with Crippen molar-refractivity contribution in [3.8, 4) is 0 Å². The molecule has 1 saturated carbocycles. The number of esters is 1. The van der Waals surface area contributed by atoms with E-state index in [1.54, 1.807) is 12.1 Å². The highest BCUT2D eigenvalue weighted by molar-refractivity contribution is 6.30. The largest absolute Gasteiger partial charge is 0.462 e. The lowest BCUT2D eigenvalue weighted by atomic mass is 9.89. The standard InChI is InChI=1S/C18H24ClNO3/c1-12-4-3-5-16(10-12)23-18(22)11-17(20-13(2)21)14-6-8-15(19)9-7-14/h6-9,12,16-17H,3-5,10-11H2,1-2H3,(H,20,21). The Balaban J connectivity index is 1.97. The SMILES string of the molecule is CC(=O)NC(CC(=O)OC1CCCC(C)C1)c1ccc(Cl)cc1. The molecular weight excluding hydrogens is 314 g/mol. The zero-order valence-electron chi connectivity index (χ0n) is 13.7. The zero-order valence-corrected chi connectivity index (χ0v) is 14.4. The molecule has 126 valence electrons. The van der Waals surface area contributed by atoms with Gasteiger partial charge in [-0.1, -0.05) is 37.1 Å². The van der Waals surface area contributed by atoms with Gasteiger partial charge in [0, 0.05) is 11.9 Å². The smallest absolute Gasteiger partial charge is 0.308 e. The Kier molecular flexibility index (Phi) is 6.46. The Morgan fingerprint density at radius 2 is 2.00 bits per heavy atom. The molecule has 2 rings (SSSR count). The molecule has 3 atom stereocenters. The normalized spacial score (nSPS) is 22.2. The zero-order chi connectivity index (χ0) is 16.8. The van der Waals surface area contributed by atoms with Crippen molar-refractivity contribution in [2.24, 2.45) is 5.92 Å². The van der Waals surface area contributed by atoms with Crippen LogP contribution in [0.1, 0.15) is 57.6 Å². The van der Waals surface area contributed by atoms with Crippen molar-refractivity contribution in [1.82, 2.24) is 5.32 Å². The molecule has 1 amide bonds. The Labute approximate surface area is 142 Å². The Morgan fingerprint density at radius 3 is 2.61 bits per heavy atom. The van der Waals surface area contributed by atoms with Crippen LogP contribution in [0.3, 0.4) is 0 Å². The molecule has 5 heteroatoms. The molecule has 1 aliphatic carbocycles. The second kappa shape index (κ2) is 8.34. The highest BCUT2D eigenvalue weighted by Crippen LogP contribution is 2.27. The molecule has 0 aromatic heterocycles. The summed E-state index contributed by atoms with van der Waals surface area (Å²) in [6.45, 7) is 3.63. The number of hydrogen-bond donors (Lipinski definition) is 1. The molecule has 0 spiro atoms. The maximum Gasteiger partial charge on any atom is 0.308 e. The van der Waals surface area contributed by atoms with Crippen molar-refractivity contribution in [2.75, 3.05) is 0 Å². The molecule has 0 heterocycles. The van der Waals surface area contributed by atoms with Gasteiger partial charge in [0.2, 0.25) is 5.91 Å². The summed E-state index contributed by atoms with van der Waals surface area (Å²) >= 11 is 5.89. The lowest BCUT2D eigenvalue weighted by molar-refractivity contribution is -0.151. The first-order chi connectivity index (χ1) is 10.9. The summed E-state index contributed by atoms with van der Waals surface area (Å²) in [5, 5.41) is 3.43. The van der Waals surface area contributed by atoms with Crippen LogP contribution in [0.4, 0.5) is 0 Å². The summed E-state index contributed by atoms with van der Waals surface area (Å²) in [7, 11) is 0. The van der Waals surface area contributed by atoms with Crippen molar-refractivity contribution in [3.63, 3.8) is 0 Å². The maximum atomic E-state index is 12.3. The highest BCUT2D eigenvalue weighted by Gasteiger charge is 2.24. The van der Waals surface area contributed by atoms with E-state index in [9.17, 15) is 9.59 Å². The summed E-state index contributed by atoms with van der Waals surface area (Å²) in [6, 6.07) is 6.75. The highest BCUT2D eigenvalue weighted by atomic mass is 35.5. The van der Waals surface area contributed by atoms with E-state index in [1.165, 1.54) is 13.3 Å². The van der Waals surface area contributed by atoms with E-state index in [4.69, 9.17) is 16.3 Å². The predicted octanol–water partition coefficient (Wildman–Crippen LogP) is 4.03. The van der Waals surface area contributed by atoms with E-state index in [0.29, 0.717) is 10.9 Å². The van der Waals surface area contributed by atoms with Crippen LogP contribution in [0, 0.1) is 5.92 Å². The summed E-state index contributed by atoms with van der Waals surface area (Å²) in [5.74, 6) is 0.158. The van der Waals surface area contributed by atoms with Crippen molar-refractivity contribution in [1.29, 1.82) is 0 Å². The summed E-state index contributed by atoms with van der Waals surface area (Å²) in [5.41, 5.74) is 0.846. The number of carbonyl (C=O) groups excluding carboxylic acids is 2. The predicted molar refractivity (Wildman–Crippen MR) is 90.1 cm³/mol. The molecule has 1 aromatic carbocycles. The van der Waals surface area contributed by atoms with Crippen molar-refractivity contribution >= 4 is 23.5 Å². The van der Waals surface area contributed by atoms with Gasteiger partial charge in [-0.15, -0.1) is 0 Å². The minimum atomic E-state index is -0.390. The fraction of sp³-hybridized carbons (Fsp3) is 0.556. The van der Waals surface area contributed by atoms with Crippen molar-refractivity contribution < 1.29 is 14.3 Å². The van der Waals surface area contributed by atoms with Gasteiger partial charge in [0.1, 0.15) is 6.10 Å². The molecule has 0 saturated heterocycles. The van der Waals surface area contributed by atoms with Gasteiger partial charge < -0.3 is 10.1 Å². The molecule has 0 aliphatic heterocycles. The van der Waals surface area contributed by atoms with Gasteiger partial charge in [-0.05, 0) is 42.9 Å². The fourth-order valence-electron chi connectivity index (χ4n) is 3.08. The van der Waals surface area contributed by atoms with E-state index in [-0.39, 0.29) is 24.4 Å². The number of carbonyl (C=O) groups is 2. The number of halogens is 1. The van der Waals surface area contributed by atoms with Gasteiger partial charge >= 0.3 is 5.97 Å². The monoisotopic (exact) mass is 337 g/mol. The van der Waals surface area contributed by atoms with Crippen LogP contribution in [-0.4, -0.2) is 18.0 Å². The molecule has 1 fully saturated rings. The fourth-order valence-corrected chi connectivity index (χ4v) is 3.20. The quantitative estimate of drug-likeness (QED) is 0.825. The number of amides is 1.